The Bertz CT molecular complexity index is 1380. The van der Waals surface area contributed by atoms with E-state index < -0.39 is 5.91 Å². The summed E-state index contributed by atoms with van der Waals surface area (Å²) >= 11 is 0. The highest BCUT2D eigenvalue weighted by atomic mass is 16.3. The molecule has 34 heavy (non-hydrogen) atoms. The zero-order valence-corrected chi connectivity index (χ0v) is 18.2. The Morgan fingerprint density at radius 3 is 2.68 bits per heavy atom. The maximum absolute atomic E-state index is 13.3. The maximum atomic E-state index is 13.3. The smallest absolute Gasteiger partial charge is 0.276 e. The first-order valence-electron chi connectivity index (χ1n) is 10.5. The molecule has 1 aliphatic heterocycles. The van der Waals surface area contributed by atoms with Gasteiger partial charge in [-0.2, -0.15) is 0 Å². The summed E-state index contributed by atoms with van der Waals surface area (Å²) in [7, 11) is 0. The number of amides is 2. The third kappa shape index (κ3) is 4.04. The molecule has 10 heteroatoms. The number of hydrogen-bond donors (Lipinski definition) is 3. The van der Waals surface area contributed by atoms with Crippen LogP contribution in [0, 0.1) is 0 Å². The highest BCUT2D eigenvalue weighted by Crippen LogP contribution is 2.38. The normalized spacial score (nSPS) is 12.9. The predicted molar refractivity (Wildman–Crippen MR) is 124 cm³/mol. The van der Waals surface area contributed by atoms with Crippen LogP contribution in [0.2, 0.25) is 0 Å². The topological polar surface area (TPSA) is 133 Å². The van der Waals surface area contributed by atoms with E-state index in [1.807, 2.05) is 30.3 Å². The van der Waals surface area contributed by atoms with Crippen molar-refractivity contribution in [3.63, 3.8) is 0 Å². The summed E-state index contributed by atoms with van der Waals surface area (Å²) in [6.45, 7) is 1.51. The molecule has 170 valence electrons. The second-order valence-corrected chi connectivity index (χ2v) is 7.79. The molecule has 1 aliphatic rings. The highest BCUT2D eigenvalue weighted by Gasteiger charge is 2.33. The number of nitrogens with zero attached hydrogens (tertiary/aromatic N) is 3. The number of ketones is 1. The molecule has 3 N–H and O–H groups in total. The Morgan fingerprint density at radius 1 is 1.12 bits per heavy atom. The number of rotatable bonds is 5. The number of carbonyl (C=O) groups is 3. The maximum Gasteiger partial charge on any atom is 0.276 e. The molecular formula is C24H20N6O4. The van der Waals surface area contributed by atoms with E-state index in [0.717, 1.165) is 5.69 Å². The van der Waals surface area contributed by atoms with Gasteiger partial charge >= 0.3 is 0 Å². The van der Waals surface area contributed by atoms with Crippen molar-refractivity contribution in [3.05, 3.63) is 78.3 Å². The van der Waals surface area contributed by atoms with Gasteiger partial charge in [0.25, 0.3) is 5.91 Å². The molecule has 0 spiro atoms. The molecule has 5 rings (SSSR count). The van der Waals surface area contributed by atoms with Gasteiger partial charge in [-0.05, 0) is 24.3 Å². The van der Waals surface area contributed by atoms with Crippen molar-refractivity contribution in [1.82, 2.24) is 19.9 Å². The molecule has 0 saturated carbocycles. The van der Waals surface area contributed by atoms with E-state index in [0.29, 0.717) is 34.0 Å². The van der Waals surface area contributed by atoms with Crippen LogP contribution in [0.1, 0.15) is 33.5 Å². The first-order chi connectivity index (χ1) is 16.5. The lowest BCUT2D eigenvalue weighted by Crippen LogP contribution is -2.39. The number of benzene rings is 1. The van der Waals surface area contributed by atoms with Crippen molar-refractivity contribution in [3.8, 4) is 11.3 Å². The minimum Gasteiger partial charge on any atom is -0.451 e. The molecular weight excluding hydrogens is 436 g/mol. The van der Waals surface area contributed by atoms with Crippen molar-refractivity contribution < 1.29 is 18.8 Å². The van der Waals surface area contributed by atoms with E-state index in [1.165, 1.54) is 24.5 Å². The number of aromatic nitrogens is 3. The number of anilines is 3. The summed E-state index contributed by atoms with van der Waals surface area (Å²) < 4.78 is 4.91. The number of H-pyrrole nitrogens is 1. The number of nitrogens with one attached hydrogen (secondary N) is 3. The number of pyridine rings is 1. The van der Waals surface area contributed by atoms with Gasteiger partial charge in [0.15, 0.2) is 17.9 Å². The fourth-order valence-corrected chi connectivity index (χ4v) is 3.94. The highest BCUT2D eigenvalue weighted by molar-refractivity contribution is 6.10. The summed E-state index contributed by atoms with van der Waals surface area (Å²) in [6, 6.07) is 13.0. The number of fused-ring (bicyclic) bond motifs is 1. The van der Waals surface area contributed by atoms with Crippen LogP contribution in [0.3, 0.4) is 0 Å². The second kappa shape index (κ2) is 8.66. The van der Waals surface area contributed by atoms with Gasteiger partial charge < -0.3 is 24.9 Å². The zero-order chi connectivity index (χ0) is 23.7. The minimum absolute atomic E-state index is 0.0903. The average Bonchev–Trinajstić information content (AvgIpc) is 3.48. The lowest BCUT2D eigenvalue weighted by Gasteiger charge is -2.25. The Balaban J connectivity index is 1.58. The largest absolute Gasteiger partial charge is 0.451 e. The third-order valence-corrected chi connectivity index (χ3v) is 5.37. The van der Waals surface area contributed by atoms with E-state index in [9.17, 15) is 14.4 Å². The molecule has 0 unspecified atom stereocenters. The van der Waals surface area contributed by atoms with Crippen LogP contribution in [-0.4, -0.2) is 44.0 Å². The Kier molecular flexibility index (Phi) is 5.38. The van der Waals surface area contributed by atoms with Gasteiger partial charge in [-0.25, -0.2) is 9.97 Å². The predicted octanol–water partition coefficient (Wildman–Crippen LogP) is 3.61. The molecule has 0 saturated heterocycles. The molecule has 0 fully saturated rings. The van der Waals surface area contributed by atoms with Gasteiger partial charge in [0.05, 0.1) is 30.0 Å². The summed E-state index contributed by atoms with van der Waals surface area (Å²) in [4.78, 5) is 50.4. The molecule has 0 bridgehead atoms. The van der Waals surface area contributed by atoms with Gasteiger partial charge in [0.2, 0.25) is 5.91 Å². The number of Topliss-reactive ketones (excluding diaryl/α,β-unsaturated/α-hetero) is 1. The third-order valence-electron chi connectivity index (χ3n) is 5.37. The number of carbonyl (C=O) groups excluding carboxylic acids is 3. The molecule has 4 aromatic rings. The number of aromatic amines is 1. The van der Waals surface area contributed by atoms with Crippen molar-refractivity contribution in [2.75, 3.05) is 17.2 Å². The number of hydrogen-bond acceptors (Lipinski definition) is 7. The average molecular weight is 456 g/mol. The first kappa shape index (κ1) is 21.1. The van der Waals surface area contributed by atoms with Crippen LogP contribution >= 0.6 is 0 Å². The molecule has 10 nitrogen and oxygen atoms in total. The van der Waals surface area contributed by atoms with Crippen LogP contribution in [0.4, 0.5) is 17.2 Å². The summed E-state index contributed by atoms with van der Waals surface area (Å²) in [5.74, 6) is -0.457. The van der Waals surface area contributed by atoms with Crippen molar-refractivity contribution in [2.24, 2.45) is 0 Å². The van der Waals surface area contributed by atoms with Crippen molar-refractivity contribution in [1.29, 1.82) is 0 Å². The van der Waals surface area contributed by atoms with E-state index in [2.05, 4.69) is 25.6 Å². The van der Waals surface area contributed by atoms with Gasteiger partial charge in [0.1, 0.15) is 12.1 Å². The summed E-state index contributed by atoms with van der Waals surface area (Å²) in [5, 5.41) is 6.02. The van der Waals surface area contributed by atoms with Crippen LogP contribution in [0.25, 0.3) is 11.3 Å². The zero-order valence-electron chi connectivity index (χ0n) is 18.2. The quantitative estimate of drug-likeness (QED) is 0.418. The Labute approximate surface area is 194 Å². The fraction of sp³-hybridized carbons (Fsp3) is 0.125. The van der Waals surface area contributed by atoms with Crippen LogP contribution in [0.15, 0.2) is 65.7 Å². The molecule has 2 amide bonds. The second-order valence-electron chi connectivity index (χ2n) is 7.79. The molecule has 3 aromatic heterocycles. The number of para-hydroxylation sites is 1. The summed E-state index contributed by atoms with van der Waals surface area (Å²) in [5.41, 5.74) is 3.98. The summed E-state index contributed by atoms with van der Waals surface area (Å²) in [6.07, 6.45) is 4.01. The van der Waals surface area contributed by atoms with Gasteiger partial charge in [-0.15, -0.1) is 0 Å². The number of oxazole rings is 1. The lowest BCUT2D eigenvalue weighted by atomic mass is 10.0. The van der Waals surface area contributed by atoms with E-state index in [1.54, 1.807) is 18.3 Å². The SMILES string of the molecule is CC(=O)Nc1cc(-c2[nH]c3c(c2Nc2ccccc2)C(=O)CN(C(=O)c2cocn2)C3)ccn1. The Morgan fingerprint density at radius 2 is 1.94 bits per heavy atom. The van der Waals surface area contributed by atoms with Crippen LogP contribution in [0.5, 0.6) is 0 Å². The van der Waals surface area contributed by atoms with Gasteiger partial charge in [-0.1, -0.05) is 18.2 Å². The van der Waals surface area contributed by atoms with Gasteiger partial charge in [-0.3, -0.25) is 14.4 Å². The van der Waals surface area contributed by atoms with E-state index in [-0.39, 0.29) is 30.5 Å². The monoisotopic (exact) mass is 456 g/mol. The molecule has 0 radical (unpaired) electrons. The van der Waals surface area contributed by atoms with Gasteiger partial charge in [0, 0.05) is 30.1 Å². The van der Waals surface area contributed by atoms with Crippen LogP contribution in [-0.2, 0) is 11.3 Å². The Hall–Kier alpha value is -4.73. The van der Waals surface area contributed by atoms with E-state index in [4.69, 9.17) is 4.42 Å². The standard InChI is InChI=1S/C24H20N6O4/c1-14(31)27-20-9-15(7-8-25-20)22-23(28-16-5-3-2-4-6-16)21-17(29-22)10-30(11-19(21)32)24(33)18-12-34-13-26-18/h2-9,12-13,28-29H,10-11H2,1H3,(H,25,27,31). The van der Waals surface area contributed by atoms with Crippen LogP contribution < -0.4 is 10.6 Å². The molecule has 0 aliphatic carbocycles. The molecule has 1 aromatic carbocycles. The fourth-order valence-electron chi connectivity index (χ4n) is 3.94. The minimum atomic E-state index is -0.390. The first-order valence-corrected chi connectivity index (χ1v) is 10.5. The van der Waals surface area contributed by atoms with E-state index >= 15 is 0 Å². The lowest BCUT2D eigenvalue weighted by molar-refractivity contribution is -0.114. The molecule has 4 heterocycles. The van der Waals surface area contributed by atoms with Crippen molar-refractivity contribution in [2.45, 2.75) is 13.5 Å². The molecule has 0 atom stereocenters. The van der Waals surface area contributed by atoms with Crippen molar-refractivity contribution >= 4 is 34.8 Å².